The lowest BCUT2D eigenvalue weighted by Gasteiger charge is -2.09. The number of ether oxygens (including phenoxy) is 2. The van der Waals surface area contributed by atoms with E-state index in [1.165, 1.54) is 6.92 Å². The van der Waals surface area contributed by atoms with Gasteiger partial charge in [0.25, 0.3) is 0 Å². The summed E-state index contributed by atoms with van der Waals surface area (Å²) in [7, 11) is 1.13. The van der Waals surface area contributed by atoms with E-state index in [1.54, 1.807) is 0 Å². The topological polar surface area (TPSA) is 68.4 Å². The number of halogens is 4. The summed E-state index contributed by atoms with van der Waals surface area (Å²) in [5, 5.41) is -0.280. The molecule has 9 heteroatoms. The molecule has 3 rings (SSSR count). The Hall–Kier alpha value is -3.36. The highest BCUT2D eigenvalue weighted by Gasteiger charge is 2.21. The number of aromatic nitrogens is 1. The van der Waals surface area contributed by atoms with E-state index in [1.807, 2.05) is 0 Å². The summed E-state index contributed by atoms with van der Waals surface area (Å²) in [5.41, 5.74) is -1.65. The van der Waals surface area contributed by atoms with E-state index in [4.69, 9.17) is 4.74 Å². The van der Waals surface area contributed by atoms with Gasteiger partial charge in [-0.05, 0) is 13.0 Å². The maximum atomic E-state index is 13.8. The number of nitrogens with one attached hydrogen (secondary N) is 1. The largest absolute Gasteiger partial charge is 0.494 e. The number of rotatable bonds is 3. The zero-order valence-electron chi connectivity index (χ0n) is 14.0. The number of pyridine rings is 1. The van der Waals surface area contributed by atoms with Gasteiger partial charge in [-0.3, -0.25) is 4.79 Å². The van der Waals surface area contributed by atoms with Gasteiger partial charge in [0.15, 0.2) is 34.8 Å². The molecule has 27 heavy (non-hydrogen) atoms. The van der Waals surface area contributed by atoms with Gasteiger partial charge in [-0.15, -0.1) is 0 Å². The first-order chi connectivity index (χ1) is 12.7. The Bertz CT molecular complexity index is 1140. The fourth-order valence-corrected chi connectivity index (χ4v) is 2.52. The third-order valence-corrected chi connectivity index (χ3v) is 3.93. The standard InChI is InChI=1S/C18H11F4NO4/c1-7-15(22)12(21)3-8-16(7)23-6-9(17(8)24)18(25)27-14-5-13(26-2)10(19)4-11(14)20/h3-6H,1-2H3,(H,23,24). The van der Waals surface area contributed by atoms with Crippen LogP contribution in [0.2, 0.25) is 0 Å². The fraction of sp³-hybridized carbons (Fsp3) is 0.111. The van der Waals surface area contributed by atoms with Crippen LogP contribution in [0.1, 0.15) is 15.9 Å². The van der Waals surface area contributed by atoms with Crippen molar-refractivity contribution in [2.24, 2.45) is 0 Å². The van der Waals surface area contributed by atoms with Crippen molar-refractivity contribution in [3.63, 3.8) is 0 Å². The molecule has 5 nitrogen and oxygen atoms in total. The third kappa shape index (κ3) is 3.12. The predicted octanol–water partition coefficient (Wildman–Crippen LogP) is 3.62. The smallest absolute Gasteiger partial charge is 0.349 e. The minimum atomic E-state index is -1.27. The van der Waals surface area contributed by atoms with E-state index >= 15 is 0 Å². The zero-order chi connectivity index (χ0) is 19.9. The van der Waals surface area contributed by atoms with Crippen LogP contribution >= 0.6 is 0 Å². The number of aromatic amines is 1. The Morgan fingerprint density at radius 2 is 1.67 bits per heavy atom. The van der Waals surface area contributed by atoms with E-state index in [0.717, 1.165) is 19.4 Å². The van der Waals surface area contributed by atoms with Gasteiger partial charge in [-0.25, -0.2) is 22.4 Å². The average molecular weight is 381 g/mol. The van der Waals surface area contributed by atoms with Gasteiger partial charge in [0, 0.05) is 29.3 Å². The normalized spacial score (nSPS) is 10.9. The Kier molecular flexibility index (Phi) is 4.61. The zero-order valence-corrected chi connectivity index (χ0v) is 14.0. The number of H-pyrrole nitrogens is 1. The number of carbonyl (C=O) groups excluding carboxylic acids is 1. The molecular formula is C18H11F4NO4. The monoisotopic (exact) mass is 381 g/mol. The molecule has 0 fully saturated rings. The highest BCUT2D eigenvalue weighted by Crippen LogP contribution is 2.27. The summed E-state index contributed by atoms with van der Waals surface area (Å²) in [5.74, 6) is -6.90. The quantitative estimate of drug-likeness (QED) is 0.428. The molecule has 0 spiro atoms. The van der Waals surface area contributed by atoms with E-state index in [9.17, 15) is 27.2 Å². The Balaban J connectivity index is 2.06. The highest BCUT2D eigenvalue weighted by molar-refractivity contribution is 5.95. The van der Waals surface area contributed by atoms with Crippen LogP contribution in [0.5, 0.6) is 11.5 Å². The summed E-state index contributed by atoms with van der Waals surface area (Å²) >= 11 is 0. The first kappa shape index (κ1) is 18.4. The number of carbonyl (C=O) groups is 1. The molecule has 0 aliphatic carbocycles. The van der Waals surface area contributed by atoms with Crippen molar-refractivity contribution >= 4 is 16.9 Å². The molecule has 0 saturated heterocycles. The van der Waals surface area contributed by atoms with Crippen LogP contribution in [0.3, 0.4) is 0 Å². The molecule has 0 aliphatic rings. The molecule has 3 aromatic rings. The number of fused-ring (bicyclic) bond motifs is 1. The number of benzene rings is 2. The van der Waals surface area contributed by atoms with E-state index in [0.29, 0.717) is 12.1 Å². The van der Waals surface area contributed by atoms with Crippen LogP contribution in [-0.2, 0) is 0 Å². The minimum absolute atomic E-state index is 0.00471. The second-order valence-electron chi connectivity index (χ2n) is 5.56. The maximum absolute atomic E-state index is 13.8. The van der Waals surface area contributed by atoms with Crippen LogP contribution in [0.15, 0.2) is 29.2 Å². The molecular weight excluding hydrogens is 370 g/mol. The second-order valence-corrected chi connectivity index (χ2v) is 5.56. The number of hydrogen-bond donors (Lipinski definition) is 1. The maximum Gasteiger partial charge on any atom is 0.349 e. The lowest BCUT2D eigenvalue weighted by Crippen LogP contribution is -2.21. The number of methoxy groups -OCH3 is 1. The van der Waals surface area contributed by atoms with Gasteiger partial charge >= 0.3 is 5.97 Å². The summed E-state index contributed by atoms with van der Waals surface area (Å²) < 4.78 is 63.9. The van der Waals surface area contributed by atoms with Crippen LogP contribution in [0.25, 0.3) is 10.9 Å². The van der Waals surface area contributed by atoms with Gasteiger partial charge in [0.05, 0.1) is 12.6 Å². The molecule has 1 heterocycles. The van der Waals surface area contributed by atoms with Crippen molar-refractivity contribution in [3.05, 3.63) is 69.0 Å². The molecule has 0 amide bonds. The van der Waals surface area contributed by atoms with E-state index in [2.05, 4.69) is 9.72 Å². The predicted molar refractivity (Wildman–Crippen MR) is 87.1 cm³/mol. The summed E-state index contributed by atoms with van der Waals surface area (Å²) in [4.78, 5) is 27.2. The lowest BCUT2D eigenvalue weighted by molar-refractivity contribution is 0.0725. The van der Waals surface area contributed by atoms with Crippen molar-refractivity contribution < 1.29 is 31.8 Å². The molecule has 0 aliphatic heterocycles. The van der Waals surface area contributed by atoms with Crippen LogP contribution in [0.4, 0.5) is 17.6 Å². The minimum Gasteiger partial charge on any atom is -0.494 e. The Morgan fingerprint density at radius 3 is 2.33 bits per heavy atom. The van der Waals surface area contributed by atoms with Gasteiger partial charge in [0.2, 0.25) is 5.43 Å². The van der Waals surface area contributed by atoms with Crippen molar-refractivity contribution in [2.75, 3.05) is 7.11 Å². The van der Waals surface area contributed by atoms with Crippen LogP contribution in [-0.4, -0.2) is 18.1 Å². The summed E-state index contributed by atoms with van der Waals surface area (Å²) in [6.45, 7) is 1.26. The highest BCUT2D eigenvalue weighted by atomic mass is 19.2. The first-order valence-corrected chi connectivity index (χ1v) is 7.49. The summed E-state index contributed by atoms with van der Waals surface area (Å²) in [6, 6.07) is 1.90. The number of hydrogen-bond acceptors (Lipinski definition) is 4. The van der Waals surface area contributed by atoms with Crippen LogP contribution in [0, 0.1) is 30.2 Å². The first-order valence-electron chi connectivity index (χ1n) is 7.49. The Morgan fingerprint density at radius 1 is 1.00 bits per heavy atom. The molecule has 0 atom stereocenters. The van der Waals surface area contributed by atoms with Gasteiger partial charge in [0.1, 0.15) is 5.56 Å². The fourth-order valence-electron chi connectivity index (χ4n) is 2.52. The number of esters is 1. The SMILES string of the molecule is COc1cc(OC(=O)c2c[nH]c3c(C)c(F)c(F)cc3c2=O)c(F)cc1F. The van der Waals surface area contributed by atoms with Crippen molar-refractivity contribution in [2.45, 2.75) is 6.92 Å². The van der Waals surface area contributed by atoms with Crippen molar-refractivity contribution in [1.82, 2.24) is 4.98 Å². The van der Waals surface area contributed by atoms with Crippen molar-refractivity contribution in [1.29, 1.82) is 0 Å². The van der Waals surface area contributed by atoms with E-state index in [-0.39, 0.29) is 22.2 Å². The molecule has 0 saturated carbocycles. The van der Waals surface area contributed by atoms with E-state index < -0.39 is 46.0 Å². The second kappa shape index (κ2) is 6.75. The van der Waals surface area contributed by atoms with Gasteiger partial charge in [-0.2, -0.15) is 0 Å². The molecule has 0 unspecified atom stereocenters. The molecule has 0 bridgehead atoms. The molecule has 2 aromatic carbocycles. The molecule has 1 N–H and O–H groups in total. The van der Waals surface area contributed by atoms with Crippen molar-refractivity contribution in [3.8, 4) is 11.5 Å². The lowest BCUT2D eigenvalue weighted by atomic mass is 10.1. The van der Waals surface area contributed by atoms with Crippen LogP contribution < -0.4 is 14.9 Å². The number of aryl methyl sites for hydroxylation is 1. The Labute approximate surface area is 149 Å². The molecule has 0 radical (unpaired) electrons. The van der Waals surface area contributed by atoms with Gasteiger partial charge in [-0.1, -0.05) is 0 Å². The summed E-state index contributed by atoms with van der Waals surface area (Å²) in [6.07, 6.45) is 0.940. The third-order valence-electron chi connectivity index (χ3n) is 3.93. The molecule has 140 valence electrons. The molecule has 1 aromatic heterocycles. The van der Waals surface area contributed by atoms with Gasteiger partial charge < -0.3 is 14.5 Å². The average Bonchev–Trinajstić information content (AvgIpc) is 2.63.